The van der Waals surface area contributed by atoms with Gasteiger partial charge in [0.25, 0.3) is 0 Å². The molecule has 0 N–H and O–H groups in total. The molecule has 1 amide bonds. The van der Waals surface area contributed by atoms with E-state index < -0.39 is 10.0 Å². The maximum absolute atomic E-state index is 12.9. The first-order valence-corrected chi connectivity index (χ1v) is 10.3. The number of likely N-dealkylation sites (tertiary alicyclic amines) is 1. The van der Waals surface area contributed by atoms with Crippen molar-refractivity contribution in [3.63, 3.8) is 0 Å². The van der Waals surface area contributed by atoms with Crippen LogP contribution in [0, 0.1) is 5.41 Å². The van der Waals surface area contributed by atoms with Crippen LogP contribution in [0.25, 0.3) is 0 Å². The predicted octanol–water partition coefficient (Wildman–Crippen LogP) is 0.870. The molecule has 0 aromatic heterocycles. The summed E-state index contributed by atoms with van der Waals surface area (Å²) in [5.41, 5.74) is -0.274. The van der Waals surface area contributed by atoms with Crippen LogP contribution < -0.4 is 4.74 Å². The first kappa shape index (κ1) is 19.1. The van der Waals surface area contributed by atoms with Gasteiger partial charge in [0.2, 0.25) is 15.9 Å². The molecule has 8 heteroatoms. The molecule has 1 saturated heterocycles. The minimum atomic E-state index is -3.58. The van der Waals surface area contributed by atoms with Gasteiger partial charge in [-0.15, -0.1) is 0 Å². The Bertz CT molecular complexity index is 770. The zero-order valence-corrected chi connectivity index (χ0v) is 16.5. The number of hydrogen-bond donors (Lipinski definition) is 0. The van der Waals surface area contributed by atoms with Crippen molar-refractivity contribution in [2.45, 2.75) is 17.7 Å². The van der Waals surface area contributed by atoms with Crippen LogP contribution in [0.2, 0.25) is 0 Å². The van der Waals surface area contributed by atoms with Gasteiger partial charge in [0.1, 0.15) is 10.6 Å². The Kier molecular flexibility index (Phi) is 5.28. The van der Waals surface area contributed by atoms with E-state index in [1.807, 2.05) is 23.9 Å². The number of carbonyl (C=O) groups excluding carboxylic acids is 1. The van der Waals surface area contributed by atoms with Gasteiger partial charge in [-0.25, -0.2) is 12.7 Å². The van der Waals surface area contributed by atoms with Gasteiger partial charge in [-0.2, -0.15) is 0 Å². The molecule has 0 radical (unpaired) electrons. The molecule has 1 spiro atoms. The summed E-state index contributed by atoms with van der Waals surface area (Å²) in [5, 5.41) is 0. The van der Waals surface area contributed by atoms with Crippen molar-refractivity contribution in [3.05, 3.63) is 24.3 Å². The predicted molar refractivity (Wildman–Crippen MR) is 98.6 cm³/mol. The van der Waals surface area contributed by atoms with E-state index in [-0.39, 0.29) is 16.2 Å². The van der Waals surface area contributed by atoms with Crippen molar-refractivity contribution in [2.24, 2.45) is 5.41 Å². The topological polar surface area (TPSA) is 70.2 Å². The summed E-state index contributed by atoms with van der Waals surface area (Å²) in [7, 11) is 1.80. The van der Waals surface area contributed by atoms with Gasteiger partial charge in [0, 0.05) is 32.1 Å². The van der Waals surface area contributed by atoms with Gasteiger partial charge in [-0.05, 0) is 39.1 Å². The van der Waals surface area contributed by atoms with E-state index >= 15 is 0 Å². The molecule has 1 aromatic carbocycles. The number of rotatable bonds is 2. The van der Waals surface area contributed by atoms with Gasteiger partial charge in [-0.3, -0.25) is 4.79 Å². The second-order valence-electron chi connectivity index (χ2n) is 7.62. The molecule has 2 aliphatic heterocycles. The van der Waals surface area contributed by atoms with E-state index in [4.69, 9.17) is 4.74 Å². The van der Waals surface area contributed by atoms with Crippen LogP contribution in [0.1, 0.15) is 12.8 Å². The Morgan fingerprint density at radius 1 is 1.23 bits per heavy atom. The maximum atomic E-state index is 12.9. The Morgan fingerprint density at radius 2 is 1.88 bits per heavy atom. The highest BCUT2D eigenvalue weighted by Crippen LogP contribution is 2.38. The van der Waals surface area contributed by atoms with Crippen molar-refractivity contribution in [1.82, 2.24) is 14.1 Å². The third kappa shape index (κ3) is 3.72. The molecule has 2 heterocycles. The Morgan fingerprint density at radius 3 is 2.54 bits per heavy atom. The van der Waals surface area contributed by atoms with E-state index in [2.05, 4.69) is 0 Å². The van der Waals surface area contributed by atoms with Crippen LogP contribution in [0.5, 0.6) is 5.75 Å². The van der Waals surface area contributed by atoms with E-state index in [0.717, 1.165) is 12.8 Å². The molecule has 0 unspecified atom stereocenters. The third-order valence-electron chi connectivity index (χ3n) is 5.26. The number of benzene rings is 1. The van der Waals surface area contributed by atoms with E-state index in [1.54, 1.807) is 31.3 Å². The number of amides is 1. The molecule has 2 aliphatic rings. The summed E-state index contributed by atoms with van der Waals surface area (Å²) < 4.78 is 33.1. The molecule has 3 rings (SSSR count). The largest absolute Gasteiger partial charge is 0.492 e. The van der Waals surface area contributed by atoms with Crippen LogP contribution >= 0.6 is 0 Å². The van der Waals surface area contributed by atoms with E-state index in [0.29, 0.717) is 38.5 Å². The average Bonchev–Trinajstić information content (AvgIpc) is 2.59. The number of sulfonamides is 1. The zero-order valence-electron chi connectivity index (χ0n) is 15.6. The highest BCUT2D eigenvalue weighted by Gasteiger charge is 2.42. The minimum absolute atomic E-state index is 0.114. The van der Waals surface area contributed by atoms with Gasteiger partial charge >= 0.3 is 0 Å². The fraction of sp³-hybridized carbons (Fsp3) is 0.611. The molecule has 144 valence electrons. The molecular weight excluding hydrogens is 354 g/mol. The Hall–Kier alpha value is -1.64. The lowest BCUT2D eigenvalue weighted by atomic mass is 9.79. The highest BCUT2D eigenvalue weighted by atomic mass is 32.2. The molecule has 0 bridgehead atoms. The van der Waals surface area contributed by atoms with Crippen LogP contribution in [-0.4, -0.2) is 82.4 Å². The first-order valence-electron chi connectivity index (χ1n) is 8.84. The van der Waals surface area contributed by atoms with Crippen molar-refractivity contribution in [2.75, 3.05) is 53.9 Å². The van der Waals surface area contributed by atoms with Crippen molar-refractivity contribution >= 4 is 15.9 Å². The SMILES string of the molecule is CN(C)CC(=O)N1CCC2(CC1)COc1ccccc1S(=O)(=O)N(C)C2. The second-order valence-corrected chi connectivity index (χ2v) is 9.63. The number of ether oxygens (including phenoxy) is 1. The number of fused-ring (bicyclic) bond motifs is 1. The first-order chi connectivity index (χ1) is 12.2. The number of likely N-dealkylation sites (N-methyl/N-ethyl adjacent to an activating group) is 1. The lowest BCUT2D eigenvalue weighted by molar-refractivity contribution is -0.134. The number of piperidine rings is 1. The molecular formula is C18H27N3O4S. The van der Waals surface area contributed by atoms with Crippen molar-refractivity contribution in [1.29, 1.82) is 0 Å². The fourth-order valence-corrected chi connectivity index (χ4v) is 5.10. The summed E-state index contributed by atoms with van der Waals surface area (Å²) in [6, 6.07) is 6.78. The van der Waals surface area contributed by atoms with E-state index in [1.165, 1.54) is 4.31 Å². The lowest BCUT2D eigenvalue weighted by Crippen LogP contribution is -2.52. The Balaban J connectivity index is 1.78. The minimum Gasteiger partial charge on any atom is -0.492 e. The molecule has 7 nitrogen and oxygen atoms in total. The maximum Gasteiger partial charge on any atom is 0.246 e. The molecule has 1 aromatic rings. The highest BCUT2D eigenvalue weighted by molar-refractivity contribution is 7.89. The summed E-state index contributed by atoms with van der Waals surface area (Å²) in [4.78, 5) is 16.2. The number of para-hydroxylation sites is 1. The standard InChI is InChI=1S/C18H27N3O4S/c1-19(2)12-17(22)21-10-8-18(9-11-21)13-20(3)26(23,24)16-7-5-4-6-15(16)25-14-18/h4-7H,8-14H2,1-3H3. The third-order valence-corrected chi connectivity index (χ3v) is 7.10. The molecule has 0 aliphatic carbocycles. The summed E-state index contributed by atoms with van der Waals surface area (Å²) in [6.07, 6.45) is 1.46. The van der Waals surface area contributed by atoms with E-state index in [9.17, 15) is 13.2 Å². The summed E-state index contributed by atoms with van der Waals surface area (Å²) in [5.74, 6) is 0.521. The quantitative estimate of drug-likeness (QED) is 0.760. The second kappa shape index (κ2) is 7.17. The average molecular weight is 381 g/mol. The number of carbonyl (C=O) groups is 1. The molecule has 1 fully saturated rings. The van der Waals surface area contributed by atoms with Crippen LogP contribution in [0.3, 0.4) is 0 Å². The Labute approximate surface area is 155 Å². The lowest BCUT2D eigenvalue weighted by Gasteiger charge is -2.44. The normalized spacial score (nSPS) is 22.4. The fourth-order valence-electron chi connectivity index (χ4n) is 3.69. The van der Waals surface area contributed by atoms with Crippen LogP contribution in [0.4, 0.5) is 0 Å². The molecule has 26 heavy (non-hydrogen) atoms. The van der Waals surface area contributed by atoms with Crippen molar-refractivity contribution in [3.8, 4) is 5.75 Å². The summed E-state index contributed by atoms with van der Waals surface area (Å²) in [6.45, 7) is 2.52. The van der Waals surface area contributed by atoms with Crippen molar-refractivity contribution < 1.29 is 17.9 Å². The van der Waals surface area contributed by atoms with Gasteiger partial charge in [-0.1, -0.05) is 12.1 Å². The smallest absolute Gasteiger partial charge is 0.246 e. The van der Waals surface area contributed by atoms with Crippen LogP contribution in [-0.2, 0) is 14.8 Å². The van der Waals surface area contributed by atoms with Crippen LogP contribution in [0.15, 0.2) is 29.2 Å². The molecule has 0 atom stereocenters. The zero-order chi connectivity index (χ0) is 18.9. The monoisotopic (exact) mass is 381 g/mol. The van der Waals surface area contributed by atoms with Gasteiger partial charge in [0.15, 0.2) is 0 Å². The number of hydrogen-bond acceptors (Lipinski definition) is 5. The van der Waals surface area contributed by atoms with Gasteiger partial charge < -0.3 is 14.5 Å². The van der Waals surface area contributed by atoms with Gasteiger partial charge in [0.05, 0.1) is 13.2 Å². The summed E-state index contributed by atoms with van der Waals surface area (Å²) >= 11 is 0. The number of nitrogens with zero attached hydrogens (tertiary/aromatic N) is 3. The molecule has 0 saturated carbocycles.